The molecule has 0 saturated carbocycles. The molecule has 1 aromatic rings. The molecule has 0 amide bonds. The van der Waals surface area contributed by atoms with Crippen molar-refractivity contribution in [2.45, 2.75) is 19.8 Å². The second kappa shape index (κ2) is 4.65. The van der Waals surface area contributed by atoms with Crippen molar-refractivity contribution in [3.05, 3.63) is 16.5 Å². The highest BCUT2D eigenvalue weighted by molar-refractivity contribution is 6.35. The highest BCUT2D eigenvalue weighted by atomic mass is 35.5. The third-order valence-corrected chi connectivity index (χ3v) is 2.34. The molecule has 1 aromatic heterocycles. The van der Waals surface area contributed by atoms with Gasteiger partial charge in [-0.1, -0.05) is 25.4 Å². The molecule has 0 spiro atoms. The molecule has 0 radical (unpaired) electrons. The summed E-state index contributed by atoms with van der Waals surface area (Å²) in [6.07, 6.45) is 0. The lowest BCUT2D eigenvalue weighted by Crippen LogP contribution is -2.17. The van der Waals surface area contributed by atoms with Gasteiger partial charge in [-0.15, -0.1) is 0 Å². The SMILES string of the molecule is CC(C)c1nc(C(=O)O)c(Cl)c(N(C)C)n1. The number of rotatable bonds is 3. The zero-order chi connectivity index (χ0) is 12.5. The third-order valence-electron chi connectivity index (χ3n) is 1.99. The van der Waals surface area contributed by atoms with E-state index in [0.717, 1.165) is 0 Å². The lowest BCUT2D eigenvalue weighted by molar-refractivity contribution is 0.0690. The maximum absolute atomic E-state index is 11.0. The van der Waals surface area contributed by atoms with Gasteiger partial charge in [0.15, 0.2) is 11.5 Å². The largest absolute Gasteiger partial charge is 0.476 e. The van der Waals surface area contributed by atoms with Gasteiger partial charge in [0.25, 0.3) is 0 Å². The molecule has 16 heavy (non-hydrogen) atoms. The van der Waals surface area contributed by atoms with Gasteiger partial charge in [-0.3, -0.25) is 0 Å². The summed E-state index contributed by atoms with van der Waals surface area (Å²) in [5.74, 6) is -0.185. The maximum Gasteiger partial charge on any atom is 0.356 e. The van der Waals surface area contributed by atoms with Crippen LogP contribution in [0.2, 0.25) is 5.02 Å². The lowest BCUT2D eigenvalue weighted by atomic mass is 10.2. The van der Waals surface area contributed by atoms with Gasteiger partial charge in [0, 0.05) is 20.0 Å². The summed E-state index contributed by atoms with van der Waals surface area (Å²) in [4.78, 5) is 20.8. The highest BCUT2D eigenvalue weighted by Gasteiger charge is 2.20. The monoisotopic (exact) mass is 243 g/mol. The molecule has 5 nitrogen and oxygen atoms in total. The Kier molecular flexibility index (Phi) is 3.70. The fourth-order valence-electron chi connectivity index (χ4n) is 1.15. The first kappa shape index (κ1) is 12.7. The molecule has 1 N–H and O–H groups in total. The number of hydrogen-bond donors (Lipinski definition) is 1. The minimum Gasteiger partial charge on any atom is -0.476 e. The Morgan fingerprint density at radius 2 is 1.94 bits per heavy atom. The summed E-state index contributed by atoms with van der Waals surface area (Å²) >= 11 is 5.93. The van der Waals surface area contributed by atoms with Gasteiger partial charge in [-0.05, 0) is 0 Å². The van der Waals surface area contributed by atoms with Crippen molar-refractivity contribution >= 4 is 23.4 Å². The first-order chi connectivity index (χ1) is 7.34. The number of hydrogen-bond acceptors (Lipinski definition) is 4. The zero-order valence-corrected chi connectivity index (χ0v) is 10.4. The van der Waals surface area contributed by atoms with E-state index in [4.69, 9.17) is 16.7 Å². The topological polar surface area (TPSA) is 66.3 Å². The molecule has 0 saturated heterocycles. The molecule has 0 aliphatic heterocycles. The lowest BCUT2D eigenvalue weighted by Gasteiger charge is -2.16. The van der Waals surface area contributed by atoms with E-state index in [1.165, 1.54) is 0 Å². The van der Waals surface area contributed by atoms with Crippen molar-refractivity contribution in [2.75, 3.05) is 19.0 Å². The number of halogens is 1. The molecule has 0 aliphatic rings. The molecule has 0 aliphatic carbocycles. The van der Waals surface area contributed by atoms with Gasteiger partial charge in [0.2, 0.25) is 0 Å². The Balaban J connectivity index is 3.45. The Morgan fingerprint density at radius 3 is 2.31 bits per heavy atom. The molecular weight excluding hydrogens is 230 g/mol. The number of anilines is 1. The summed E-state index contributed by atoms with van der Waals surface area (Å²) in [6.45, 7) is 3.79. The summed E-state index contributed by atoms with van der Waals surface area (Å²) < 4.78 is 0. The summed E-state index contributed by atoms with van der Waals surface area (Å²) in [7, 11) is 3.51. The van der Waals surface area contributed by atoms with Crippen molar-refractivity contribution in [3.63, 3.8) is 0 Å². The van der Waals surface area contributed by atoms with E-state index < -0.39 is 5.97 Å². The zero-order valence-electron chi connectivity index (χ0n) is 9.65. The van der Waals surface area contributed by atoms with E-state index >= 15 is 0 Å². The number of aromatic nitrogens is 2. The van der Waals surface area contributed by atoms with Crippen LogP contribution < -0.4 is 4.90 Å². The van der Waals surface area contributed by atoms with Crippen LogP contribution in [0.5, 0.6) is 0 Å². The average Bonchev–Trinajstić information content (AvgIpc) is 2.16. The summed E-state index contributed by atoms with van der Waals surface area (Å²) in [5, 5.41) is 9.06. The van der Waals surface area contributed by atoms with E-state index in [1.54, 1.807) is 19.0 Å². The standard InChI is InChI=1S/C10H14ClN3O2/c1-5(2)8-12-7(10(15)16)6(11)9(13-8)14(3)4/h5H,1-4H3,(H,15,16). The van der Waals surface area contributed by atoms with Gasteiger partial charge < -0.3 is 10.0 Å². The van der Waals surface area contributed by atoms with Crippen LogP contribution in [0.25, 0.3) is 0 Å². The van der Waals surface area contributed by atoms with Crippen molar-refractivity contribution in [1.82, 2.24) is 9.97 Å². The van der Waals surface area contributed by atoms with E-state index in [1.807, 2.05) is 13.8 Å². The Morgan fingerprint density at radius 1 is 1.38 bits per heavy atom. The van der Waals surface area contributed by atoms with Crippen LogP contribution in [0.3, 0.4) is 0 Å². The molecule has 6 heteroatoms. The molecule has 1 heterocycles. The van der Waals surface area contributed by atoms with Crippen molar-refractivity contribution in [1.29, 1.82) is 0 Å². The van der Waals surface area contributed by atoms with Crippen LogP contribution in [0.1, 0.15) is 36.1 Å². The molecular formula is C10H14ClN3O2. The van der Waals surface area contributed by atoms with Gasteiger partial charge in [-0.25, -0.2) is 14.8 Å². The highest BCUT2D eigenvalue weighted by Crippen LogP contribution is 2.26. The summed E-state index contributed by atoms with van der Waals surface area (Å²) in [6, 6.07) is 0. The second-order valence-corrected chi connectivity index (χ2v) is 4.30. The Hall–Kier alpha value is -1.36. The van der Waals surface area contributed by atoms with E-state index in [-0.39, 0.29) is 16.6 Å². The van der Waals surface area contributed by atoms with Crippen LogP contribution in [0.4, 0.5) is 5.82 Å². The molecule has 0 unspecified atom stereocenters. The molecule has 0 atom stereocenters. The quantitative estimate of drug-likeness (QED) is 0.880. The minimum absolute atomic E-state index is 0.0501. The minimum atomic E-state index is -1.14. The van der Waals surface area contributed by atoms with E-state index in [2.05, 4.69) is 9.97 Å². The molecule has 1 rings (SSSR count). The first-order valence-electron chi connectivity index (χ1n) is 4.82. The first-order valence-corrected chi connectivity index (χ1v) is 5.20. The third kappa shape index (κ3) is 2.41. The van der Waals surface area contributed by atoms with E-state index in [0.29, 0.717) is 11.6 Å². The van der Waals surface area contributed by atoms with Crippen molar-refractivity contribution in [2.24, 2.45) is 0 Å². The fourth-order valence-corrected chi connectivity index (χ4v) is 1.48. The van der Waals surface area contributed by atoms with Crippen LogP contribution >= 0.6 is 11.6 Å². The van der Waals surface area contributed by atoms with Gasteiger partial charge in [0.1, 0.15) is 10.8 Å². The van der Waals surface area contributed by atoms with Crippen LogP contribution in [-0.2, 0) is 0 Å². The Labute approximate surface area is 99.1 Å². The number of carboxylic acids is 1. The van der Waals surface area contributed by atoms with Crippen LogP contribution in [0.15, 0.2) is 0 Å². The second-order valence-electron chi connectivity index (χ2n) is 3.92. The molecule has 0 fully saturated rings. The van der Waals surface area contributed by atoms with Gasteiger partial charge >= 0.3 is 5.97 Å². The van der Waals surface area contributed by atoms with Gasteiger partial charge in [0.05, 0.1) is 0 Å². The predicted molar refractivity (Wildman–Crippen MR) is 62.4 cm³/mol. The summed E-state index contributed by atoms with van der Waals surface area (Å²) in [5.41, 5.74) is -0.149. The smallest absolute Gasteiger partial charge is 0.356 e. The van der Waals surface area contributed by atoms with E-state index in [9.17, 15) is 4.79 Å². The number of aromatic carboxylic acids is 1. The normalized spacial score (nSPS) is 10.6. The molecule has 0 bridgehead atoms. The molecule has 0 aromatic carbocycles. The number of nitrogens with zero attached hydrogens (tertiary/aromatic N) is 3. The fraction of sp³-hybridized carbons (Fsp3) is 0.500. The average molecular weight is 244 g/mol. The van der Waals surface area contributed by atoms with Gasteiger partial charge in [-0.2, -0.15) is 0 Å². The van der Waals surface area contributed by atoms with Crippen molar-refractivity contribution in [3.8, 4) is 0 Å². The van der Waals surface area contributed by atoms with Crippen LogP contribution in [0, 0.1) is 0 Å². The van der Waals surface area contributed by atoms with Crippen molar-refractivity contribution < 1.29 is 9.90 Å². The van der Waals surface area contributed by atoms with Crippen LogP contribution in [-0.4, -0.2) is 35.1 Å². The molecule has 88 valence electrons. The predicted octanol–water partition coefficient (Wildman–Crippen LogP) is 2.02. The number of carboxylic acid groups (broad SMARTS) is 1. The Bertz CT molecular complexity index is 419. The maximum atomic E-state index is 11.0. The number of carbonyl (C=O) groups is 1.